The summed E-state index contributed by atoms with van der Waals surface area (Å²) in [6.07, 6.45) is 3.70. The normalized spacial score (nSPS) is 11.1. The van der Waals surface area contributed by atoms with Gasteiger partial charge in [-0.15, -0.1) is 11.3 Å². The molecule has 0 radical (unpaired) electrons. The molecule has 0 aromatic carbocycles. The molecule has 0 fully saturated rings. The highest BCUT2D eigenvalue weighted by atomic mass is 79.9. The summed E-state index contributed by atoms with van der Waals surface area (Å²) in [5.74, 6) is 0. The van der Waals surface area contributed by atoms with Crippen LogP contribution in [0.1, 0.15) is 11.1 Å². The second kappa shape index (κ2) is 7.75. The number of nitrogens with zero attached hydrogens (tertiary/aromatic N) is 2. The Morgan fingerprint density at radius 2 is 2.32 bits per heavy atom. The third kappa shape index (κ3) is 5.40. The van der Waals surface area contributed by atoms with E-state index in [-0.39, 0.29) is 0 Å². The lowest BCUT2D eigenvalue weighted by Crippen LogP contribution is -2.28. The smallest absolute Gasteiger partial charge is 0.0701 e. The van der Waals surface area contributed by atoms with Crippen LogP contribution in [0.4, 0.5) is 0 Å². The van der Waals surface area contributed by atoms with E-state index in [1.54, 1.807) is 17.5 Å². The number of thiophene rings is 1. The summed E-state index contributed by atoms with van der Waals surface area (Å²) in [6.45, 7) is 3.90. The van der Waals surface area contributed by atoms with Crippen LogP contribution in [0.25, 0.3) is 0 Å². The van der Waals surface area contributed by atoms with E-state index in [1.807, 2.05) is 12.3 Å². The van der Waals surface area contributed by atoms with Gasteiger partial charge in [-0.2, -0.15) is 0 Å². The molecule has 0 saturated carbocycles. The Bertz CT molecular complexity index is 486. The molecule has 0 aliphatic heterocycles. The van der Waals surface area contributed by atoms with Crippen molar-refractivity contribution in [3.05, 3.63) is 50.9 Å². The second-order valence-corrected chi connectivity index (χ2v) is 6.83. The minimum atomic E-state index is 0.881. The predicted octanol–water partition coefficient (Wildman–Crippen LogP) is 3.13. The maximum Gasteiger partial charge on any atom is 0.0701 e. The van der Waals surface area contributed by atoms with Gasteiger partial charge in [-0.1, -0.05) is 6.07 Å². The fourth-order valence-electron chi connectivity index (χ4n) is 1.82. The van der Waals surface area contributed by atoms with E-state index in [9.17, 15) is 0 Å². The zero-order valence-corrected chi connectivity index (χ0v) is 13.4. The van der Waals surface area contributed by atoms with Crippen LogP contribution in [0, 0.1) is 0 Å². The molecule has 2 rings (SSSR count). The standard InChI is InChI=1S/C14H18BrN3S/c1-18(10-13-7-14(15)19-11-13)6-5-17-9-12-3-2-4-16-8-12/h2-4,7-8,11,17H,5-6,9-10H2,1H3. The highest BCUT2D eigenvalue weighted by molar-refractivity contribution is 9.11. The van der Waals surface area contributed by atoms with E-state index in [2.05, 4.69) is 55.7 Å². The number of rotatable bonds is 7. The first kappa shape index (κ1) is 14.7. The first-order valence-electron chi connectivity index (χ1n) is 6.25. The number of aromatic nitrogens is 1. The summed E-state index contributed by atoms with van der Waals surface area (Å²) >= 11 is 5.23. The van der Waals surface area contributed by atoms with E-state index < -0.39 is 0 Å². The molecule has 0 aliphatic rings. The molecule has 19 heavy (non-hydrogen) atoms. The van der Waals surface area contributed by atoms with Gasteiger partial charge < -0.3 is 10.2 Å². The van der Waals surface area contributed by atoms with Crippen LogP contribution >= 0.6 is 27.3 Å². The van der Waals surface area contributed by atoms with E-state index in [4.69, 9.17) is 0 Å². The summed E-state index contributed by atoms with van der Waals surface area (Å²) in [7, 11) is 2.15. The molecule has 5 heteroatoms. The molecule has 0 unspecified atom stereocenters. The van der Waals surface area contributed by atoms with Gasteiger partial charge in [0.15, 0.2) is 0 Å². The zero-order chi connectivity index (χ0) is 13.5. The summed E-state index contributed by atoms with van der Waals surface area (Å²) in [4.78, 5) is 6.43. The quantitative estimate of drug-likeness (QED) is 0.785. The largest absolute Gasteiger partial charge is 0.311 e. The first-order chi connectivity index (χ1) is 9.24. The number of pyridine rings is 1. The second-order valence-electron chi connectivity index (χ2n) is 4.53. The number of likely N-dealkylation sites (N-methyl/N-ethyl adjacent to an activating group) is 1. The Morgan fingerprint density at radius 3 is 3.00 bits per heavy atom. The first-order valence-corrected chi connectivity index (χ1v) is 7.92. The lowest BCUT2D eigenvalue weighted by molar-refractivity contribution is 0.324. The molecule has 2 heterocycles. The molecule has 102 valence electrons. The summed E-state index contributed by atoms with van der Waals surface area (Å²) in [5.41, 5.74) is 2.60. The summed E-state index contributed by atoms with van der Waals surface area (Å²) in [6, 6.07) is 6.24. The highest BCUT2D eigenvalue weighted by Crippen LogP contribution is 2.21. The van der Waals surface area contributed by atoms with Gasteiger partial charge in [0.05, 0.1) is 3.79 Å². The van der Waals surface area contributed by atoms with Crippen LogP contribution in [0.15, 0.2) is 39.8 Å². The van der Waals surface area contributed by atoms with Crippen molar-refractivity contribution in [3.8, 4) is 0 Å². The average Bonchev–Trinajstić information content (AvgIpc) is 2.81. The van der Waals surface area contributed by atoms with Crippen LogP contribution in [-0.2, 0) is 13.1 Å². The van der Waals surface area contributed by atoms with Crippen molar-refractivity contribution in [2.75, 3.05) is 20.1 Å². The number of halogens is 1. The molecule has 1 N–H and O–H groups in total. The van der Waals surface area contributed by atoms with Gasteiger partial charge in [-0.05, 0) is 51.6 Å². The van der Waals surface area contributed by atoms with Gasteiger partial charge in [-0.25, -0.2) is 0 Å². The summed E-state index contributed by atoms with van der Waals surface area (Å²) in [5, 5.41) is 5.63. The zero-order valence-electron chi connectivity index (χ0n) is 11.0. The lowest BCUT2D eigenvalue weighted by Gasteiger charge is -2.16. The van der Waals surface area contributed by atoms with E-state index >= 15 is 0 Å². The van der Waals surface area contributed by atoms with Gasteiger partial charge in [0.2, 0.25) is 0 Å². The molecule has 0 bridgehead atoms. The third-order valence-electron chi connectivity index (χ3n) is 2.80. The van der Waals surface area contributed by atoms with Crippen molar-refractivity contribution in [1.29, 1.82) is 0 Å². The monoisotopic (exact) mass is 339 g/mol. The van der Waals surface area contributed by atoms with Crippen molar-refractivity contribution in [1.82, 2.24) is 15.2 Å². The molecule has 0 amide bonds. The van der Waals surface area contributed by atoms with Gasteiger partial charge >= 0.3 is 0 Å². The molecule has 2 aromatic heterocycles. The SMILES string of the molecule is CN(CCNCc1cccnc1)Cc1csc(Br)c1. The van der Waals surface area contributed by atoms with Crippen molar-refractivity contribution < 1.29 is 0 Å². The van der Waals surface area contributed by atoms with E-state index in [1.165, 1.54) is 14.9 Å². The molecule has 0 spiro atoms. The minimum Gasteiger partial charge on any atom is -0.311 e. The van der Waals surface area contributed by atoms with E-state index in [0.717, 1.165) is 26.2 Å². The van der Waals surface area contributed by atoms with Crippen LogP contribution < -0.4 is 5.32 Å². The fourth-order valence-corrected chi connectivity index (χ4v) is 3.03. The topological polar surface area (TPSA) is 28.2 Å². The van der Waals surface area contributed by atoms with Crippen LogP contribution in [0.5, 0.6) is 0 Å². The Labute approximate surface area is 126 Å². The molecular formula is C14H18BrN3S. The number of hydrogen-bond donors (Lipinski definition) is 1. The van der Waals surface area contributed by atoms with Gasteiger partial charge in [0.25, 0.3) is 0 Å². The number of hydrogen-bond acceptors (Lipinski definition) is 4. The van der Waals surface area contributed by atoms with Crippen LogP contribution in [-0.4, -0.2) is 30.0 Å². The van der Waals surface area contributed by atoms with Crippen LogP contribution in [0.3, 0.4) is 0 Å². The molecule has 0 atom stereocenters. The molecule has 0 aliphatic carbocycles. The van der Waals surface area contributed by atoms with Crippen molar-refractivity contribution in [2.24, 2.45) is 0 Å². The van der Waals surface area contributed by atoms with Crippen molar-refractivity contribution in [2.45, 2.75) is 13.1 Å². The average molecular weight is 340 g/mol. The molecule has 2 aromatic rings. The van der Waals surface area contributed by atoms with Gasteiger partial charge in [-0.3, -0.25) is 4.98 Å². The minimum absolute atomic E-state index is 0.881. The Morgan fingerprint density at radius 1 is 1.42 bits per heavy atom. The van der Waals surface area contributed by atoms with Crippen molar-refractivity contribution >= 4 is 27.3 Å². The summed E-state index contributed by atoms with van der Waals surface area (Å²) < 4.78 is 1.20. The predicted molar refractivity (Wildman–Crippen MR) is 84.3 cm³/mol. The lowest BCUT2D eigenvalue weighted by atomic mass is 10.3. The number of nitrogens with one attached hydrogen (secondary N) is 1. The van der Waals surface area contributed by atoms with Gasteiger partial charge in [0.1, 0.15) is 0 Å². The van der Waals surface area contributed by atoms with E-state index in [0.29, 0.717) is 0 Å². The maximum atomic E-state index is 4.10. The maximum absolute atomic E-state index is 4.10. The molecular weight excluding hydrogens is 322 g/mol. The van der Waals surface area contributed by atoms with Crippen LogP contribution in [0.2, 0.25) is 0 Å². The van der Waals surface area contributed by atoms with Gasteiger partial charge in [0, 0.05) is 38.6 Å². The molecule has 3 nitrogen and oxygen atoms in total. The fraction of sp³-hybridized carbons (Fsp3) is 0.357. The Kier molecular flexibility index (Phi) is 5.97. The van der Waals surface area contributed by atoms with Crippen molar-refractivity contribution in [3.63, 3.8) is 0 Å². The molecule has 0 saturated heterocycles. The highest BCUT2D eigenvalue weighted by Gasteiger charge is 2.02. The Balaban J connectivity index is 1.63. The Hall–Kier alpha value is -0.750. The third-order valence-corrected chi connectivity index (χ3v) is 4.35.